The molecule has 1 amide bonds. The van der Waals surface area contributed by atoms with Gasteiger partial charge in [-0.3, -0.25) is 9.89 Å². The van der Waals surface area contributed by atoms with Crippen molar-refractivity contribution >= 4 is 67.8 Å². The molecule has 2 saturated heterocycles. The number of aromatic amines is 1. The molecule has 0 aliphatic carbocycles. The highest BCUT2D eigenvalue weighted by atomic mass is 35.5. The predicted octanol–water partition coefficient (Wildman–Crippen LogP) is 6.20. The molecular formula is C36H39Cl2FN10O. The van der Waals surface area contributed by atoms with Crippen LogP contribution in [-0.4, -0.2) is 112 Å². The number of pyridine rings is 1. The smallest absolute Gasteiger partial charge is 0.246 e. The Morgan fingerprint density at radius 1 is 1.14 bits per heavy atom. The maximum absolute atomic E-state index is 17.2. The summed E-state index contributed by atoms with van der Waals surface area (Å²) in [5, 5.41) is 18.8. The van der Waals surface area contributed by atoms with Gasteiger partial charge in [0.2, 0.25) is 5.91 Å². The zero-order valence-corrected chi connectivity index (χ0v) is 30.2. The third-order valence-electron chi connectivity index (χ3n) is 10.2. The Bertz CT molecular complexity index is 2200. The van der Waals surface area contributed by atoms with Gasteiger partial charge in [-0.15, -0.1) is 0 Å². The van der Waals surface area contributed by atoms with Crippen LogP contribution in [0.2, 0.25) is 10.0 Å². The largest absolute Gasteiger partial charge is 0.351 e. The maximum atomic E-state index is 17.2. The number of likely N-dealkylation sites (N-methyl/N-ethyl adjacent to an activating group) is 2. The molecule has 14 heteroatoms. The van der Waals surface area contributed by atoms with Crippen LogP contribution < -0.4 is 4.90 Å². The fourth-order valence-corrected chi connectivity index (χ4v) is 7.84. The molecule has 2 aliphatic heterocycles. The van der Waals surface area contributed by atoms with Crippen LogP contribution in [-0.2, 0) is 4.79 Å². The molecule has 5 heterocycles. The Morgan fingerprint density at radius 2 is 1.92 bits per heavy atom. The number of fused-ring (bicyclic) bond motifs is 4. The molecule has 0 spiro atoms. The molecule has 2 atom stereocenters. The van der Waals surface area contributed by atoms with Gasteiger partial charge in [0, 0.05) is 77.3 Å². The van der Waals surface area contributed by atoms with Gasteiger partial charge < -0.3 is 24.2 Å². The Balaban J connectivity index is 1.37. The lowest BCUT2D eigenvalue weighted by Gasteiger charge is -2.43. The van der Waals surface area contributed by atoms with Gasteiger partial charge in [-0.05, 0) is 65.7 Å². The zero-order valence-electron chi connectivity index (χ0n) is 28.7. The summed E-state index contributed by atoms with van der Waals surface area (Å²) in [6.45, 7) is 4.42. The molecule has 260 valence electrons. The second-order valence-corrected chi connectivity index (χ2v) is 14.6. The van der Waals surface area contributed by atoms with E-state index in [4.69, 9.17) is 33.2 Å². The monoisotopic (exact) mass is 716 g/mol. The molecule has 0 saturated carbocycles. The third-order valence-corrected chi connectivity index (χ3v) is 10.9. The van der Waals surface area contributed by atoms with Crippen LogP contribution in [0.25, 0.3) is 44.0 Å². The number of nitrogens with zero attached hydrogens (tertiary/aromatic N) is 9. The van der Waals surface area contributed by atoms with Gasteiger partial charge in [0.1, 0.15) is 11.0 Å². The molecule has 2 fully saturated rings. The number of rotatable bonds is 8. The van der Waals surface area contributed by atoms with Crippen LogP contribution in [0.1, 0.15) is 30.9 Å². The first-order valence-electron chi connectivity index (χ1n) is 16.7. The van der Waals surface area contributed by atoms with Crippen molar-refractivity contribution in [1.82, 2.24) is 39.4 Å². The number of carbonyl (C=O) groups is 1. The number of imidazole rings is 1. The number of H-pyrrole nitrogens is 1. The topological polar surface area (TPSA) is 113 Å². The van der Waals surface area contributed by atoms with Crippen molar-refractivity contribution in [2.24, 2.45) is 0 Å². The summed E-state index contributed by atoms with van der Waals surface area (Å²) < 4.78 is 19.3. The average molecular weight is 718 g/mol. The maximum Gasteiger partial charge on any atom is 0.246 e. The van der Waals surface area contributed by atoms with Crippen LogP contribution in [0.5, 0.6) is 0 Å². The molecule has 0 unspecified atom stereocenters. The highest BCUT2D eigenvalue weighted by molar-refractivity contribution is 6.36. The number of carbonyl (C=O) groups excluding carboxylic acids is 1. The van der Waals surface area contributed by atoms with Crippen molar-refractivity contribution < 1.29 is 9.18 Å². The minimum Gasteiger partial charge on any atom is -0.351 e. The normalized spacial score (nSPS) is 18.7. The van der Waals surface area contributed by atoms with Crippen molar-refractivity contribution in [3.8, 4) is 17.2 Å². The van der Waals surface area contributed by atoms with E-state index in [0.717, 1.165) is 18.6 Å². The van der Waals surface area contributed by atoms with Gasteiger partial charge in [-0.25, -0.2) is 14.4 Å². The Hall–Kier alpha value is -4.28. The highest BCUT2D eigenvalue weighted by Gasteiger charge is 2.36. The summed E-state index contributed by atoms with van der Waals surface area (Å²) in [4.78, 5) is 31.2. The lowest BCUT2D eigenvalue weighted by Crippen LogP contribution is -2.57. The summed E-state index contributed by atoms with van der Waals surface area (Å²) in [7, 11) is 7.98. The number of halogens is 3. The summed E-state index contributed by atoms with van der Waals surface area (Å²) in [5.74, 6) is -0.0381. The van der Waals surface area contributed by atoms with E-state index in [1.165, 1.54) is 0 Å². The third kappa shape index (κ3) is 5.86. The van der Waals surface area contributed by atoms with Crippen LogP contribution in [0, 0.1) is 24.1 Å². The first kappa shape index (κ1) is 34.2. The minimum atomic E-state index is -0.548. The Kier molecular flexibility index (Phi) is 9.19. The number of piperidine rings is 1. The molecule has 5 aromatic rings. The second-order valence-electron chi connectivity index (χ2n) is 13.8. The standard InChI is InChI=1S/C36H39Cl2FN10O/c1-20-26(37)15-28-25(16-42-44-28)30(20)31-27(38)14-24-33(32(31)39)43-36(47-17-23(18-47)46(4)5)34-35(24)49(19-41-34)22-9-12-48(21(13-22)8-10-40)29(50)7-6-11-45(2)3/h6-7,14-16,19,21-23H,8-9,11-13,17-18H2,1-5H3,(H,42,44)/b7-6+/t21-,22+/m1/s1. The van der Waals surface area contributed by atoms with Crippen LogP contribution in [0.3, 0.4) is 0 Å². The predicted molar refractivity (Wildman–Crippen MR) is 196 cm³/mol. The number of nitrogens with one attached hydrogen (secondary N) is 1. The quantitative estimate of drug-likeness (QED) is 0.189. The van der Waals surface area contributed by atoms with E-state index in [1.54, 1.807) is 35.6 Å². The van der Waals surface area contributed by atoms with E-state index >= 15 is 4.39 Å². The van der Waals surface area contributed by atoms with Gasteiger partial charge in [-0.2, -0.15) is 10.4 Å². The van der Waals surface area contributed by atoms with Crippen LogP contribution in [0.4, 0.5) is 10.2 Å². The number of amides is 1. The van der Waals surface area contributed by atoms with E-state index in [0.29, 0.717) is 75.7 Å². The lowest BCUT2D eigenvalue weighted by molar-refractivity contribution is -0.130. The van der Waals surface area contributed by atoms with Crippen molar-refractivity contribution in [2.45, 2.75) is 44.3 Å². The number of nitriles is 1. The Labute approximate surface area is 299 Å². The number of aromatic nitrogens is 5. The lowest BCUT2D eigenvalue weighted by atomic mass is 9.93. The molecule has 7 rings (SSSR count). The number of anilines is 1. The highest BCUT2D eigenvalue weighted by Crippen LogP contribution is 2.45. The van der Waals surface area contributed by atoms with Crippen molar-refractivity contribution in [3.63, 3.8) is 0 Å². The van der Waals surface area contributed by atoms with E-state index in [2.05, 4.69) is 30.6 Å². The van der Waals surface area contributed by atoms with E-state index in [1.807, 2.05) is 46.1 Å². The van der Waals surface area contributed by atoms with E-state index in [-0.39, 0.29) is 40.5 Å². The number of benzene rings is 2. The average Bonchev–Trinajstić information content (AvgIpc) is 3.70. The van der Waals surface area contributed by atoms with Crippen molar-refractivity contribution in [3.05, 3.63) is 58.2 Å². The fourth-order valence-electron chi connectivity index (χ4n) is 7.35. The van der Waals surface area contributed by atoms with Crippen LogP contribution in [0.15, 0.2) is 36.8 Å². The zero-order chi connectivity index (χ0) is 35.4. The first-order chi connectivity index (χ1) is 24.0. The van der Waals surface area contributed by atoms with Crippen LogP contribution >= 0.6 is 23.2 Å². The molecule has 0 bridgehead atoms. The van der Waals surface area contributed by atoms with Crippen molar-refractivity contribution in [2.75, 3.05) is 59.3 Å². The Morgan fingerprint density at radius 3 is 2.64 bits per heavy atom. The van der Waals surface area contributed by atoms with Crippen molar-refractivity contribution in [1.29, 1.82) is 5.26 Å². The minimum absolute atomic E-state index is 0.0974. The summed E-state index contributed by atoms with van der Waals surface area (Å²) >= 11 is 13.7. The van der Waals surface area contributed by atoms with Gasteiger partial charge in [-0.1, -0.05) is 29.3 Å². The van der Waals surface area contributed by atoms with Gasteiger partial charge in [0.15, 0.2) is 11.6 Å². The second kappa shape index (κ2) is 13.5. The molecular weight excluding hydrogens is 678 g/mol. The molecule has 2 aromatic carbocycles. The number of hydrogen-bond donors (Lipinski definition) is 1. The molecule has 3 aromatic heterocycles. The van der Waals surface area contributed by atoms with Gasteiger partial charge in [0.25, 0.3) is 0 Å². The van der Waals surface area contributed by atoms with E-state index < -0.39 is 5.82 Å². The number of likely N-dealkylation sites (tertiary alicyclic amines) is 1. The molecule has 2 aliphatic rings. The SMILES string of the molecule is Cc1c(Cl)cc2[nH]ncc2c1-c1c(Cl)cc2c(nc(N3CC(N(C)C)C3)c3ncn([C@H]4CCN(C(=O)/C=C/CN(C)C)[C@H](CC#N)C4)c32)c1F. The fraction of sp³-hybridized carbons (Fsp3) is 0.417. The number of hydrogen-bond acceptors (Lipinski definition) is 8. The van der Waals surface area contributed by atoms with E-state index in [9.17, 15) is 10.1 Å². The van der Waals surface area contributed by atoms with Gasteiger partial charge >= 0.3 is 0 Å². The first-order valence-corrected chi connectivity index (χ1v) is 17.4. The molecule has 50 heavy (non-hydrogen) atoms. The molecule has 0 radical (unpaired) electrons. The summed E-state index contributed by atoms with van der Waals surface area (Å²) in [6, 6.07) is 5.78. The summed E-state index contributed by atoms with van der Waals surface area (Å²) in [5.41, 5.74) is 3.72. The summed E-state index contributed by atoms with van der Waals surface area (Å²) in [6.07, 6.45) is 8.27. The molecule has 11 nitrogen and oxygen atoms in total. The molecule has 1 N–H and O–H groups in total. The van der Waals surface area contributed by atoms with Gasteiger partial charge in [0.05, 0.1) is 41.1 Å².